The van der Waals surface area contributed by atoms with Gasteiger partial charge in [0.15, 0.2) is 0 Å². The lowest BCUT2D eigenvalue weighted by Gasteiger charge is -2.26. The van der Waals surface area contributed by atoms with Crippen molar-refractivity contribution in [3.63, 3.8) is 0 Å². The number of methoxy groups -OCH3 is 2. The van der Waals surface area contributed by atoms with Gasteiger partial charge in [0, 0.05) is 18.4 Å². The van der Waals surface area contributed by atoms with E-state index in [1.807, 2.05) is 30.3 Å². The number of ether oxygens (including phenoxy) is 5. The molecule has 11 nitrogen and oxygen atoms in total. The standard InChI is InChI=1S/C29H36N2O9/c1-29(2,40-27(30)34)16-20-17-31(28(35)39-20)26(33)21(25-22(36-3)13-9-14-23(25)37-4)12-8-15-24(32)38-18-19-10-6-5-7-11-19/h5-7,9-11,13-14,20-21H,8,12,15-18H2,1-4H3,(H2,30,34). The number of nitrogens with two attached hydrogens (primary N) is 1. The van der Waals surface area contributed by atoms with Crippen molar-refractivity contribution < 1.29 is 42.9 Å². The first-order valence-electron chi connectivity index (χ1n) is 13.0. The molecule has 0 saturated carbocycles. The molecular weight excluding hydrogens is 520 g/mol. The van der Waals surface area contributed by atoms with E-state index in [1.54, 1.807) is 32.0 Å². The molecule has 1 fully saturated rings. The van der Waals surface area contributed by atoms with Crippen LogP contribution in [0.1, 0.15) is 56.6 Å². The number of imide groups is 1. The minimum atomic E-state index is -1.01. The summed E-state index contributed by atoms with van der Waals surface area (Å²) in [4.78, 5) is 51.3. The molecule has 0 aliphatic carbocycles. The summed E-state index contributed by atoms with van der Waals surface area (Å²) in [5, 5.41) is 0. The predicted molar refractivity (Wildman–Crippen MR) is 144 cm³/mol. The number of amides is 3. The van der Waals surface area contributed by atoms with Crippen molar-refractivity contribution in [1.82, 2.24) is 4.90 Å². The Balaban J connectivity index is 1.76. The van der Waals surface area contributed by atoms with Crippen LogP contribution in [0.2, 0.25) is 0 Å². The molecule has 3 amide bonds. The highest BCUT2D eigenvalue weighted by atomic mass is 16.6. The van der Waals surface area contributed by atoms with E-state index in [9.17, 15) is 19.2 Å². The first-order chi connectivity index (χ1) is 19.0. The molecule has 2 N–H and O–H groups in total. The summed E-state index contributed by atoms with van der Waals surface area (Å²) in [5.41, 5.74) is 5.46. The normalized spacial score (nSPS) is 15.7. The highest BCUT2D eigenvalue weighted by molar-refractivity contribution is 5.97. The lowest BCUT2D eigenvalue weighted by Crippen LogP contribution is -2.38. The summed E-state index contributed by atoms with van der Waals surface area (Å²) in [6.07, 6.45) is -1.75. The number of carbonyl (C=O) groups excluding carboxylic acids is 4. The van der Waals surface area contributed by atoms with E-state index in [1.165, 1.54) is 14.2 Å². The van der Waals surface area contributed by atoms with Gasteiger partial charge in [-0.2, -0.15) is 0 Å². The fourth-order valence-electron chi connectivity index (χ4n) is 4.73. The number of hydrogen-bond acceptors (Lipinski definition) is 9. The third-order valence-corrected chi connectivity index (χ3v) is 6.47. The molecule has 11 heteroatoms. The Kier molecular flexibility index (Phi) is 10.4. The Bertz CT molecular complexity index is 1180. The zero-order chi connectivity index (χ0) is 29.3. The smallest absolute Gasteiger partial charge is 0.417 e. The second kappa shape index (κ2) is 13.7. The molecule has 1 aliphatic rings. The van der Waals surface area contributed by atoms with E-state index in [0.29, 0.717) is 23.5 Å². The number of hydrogen-bond donors (Lipinski definition) is 1. The maximum absolute atomic E-state index is 13.9. The van der Waals surface area contributed by atoms with Crippen LogP contribution < -0.4 is 15.2 Å². The van der Waals surface area contributed by atoms with Gasteiger partial charge in [-0.1, -0.05) is 36.4 Å². The molecule has 1 aliphatic heterocycles. The van der Waals surface area contributed by atoms with Gasteiger partial charge in [-0.15, -0.1) is 0 Å². The average molecular weight is 557 g/mol. The molecule has 1 saturated heterocycles. The molecule has 0 spiro atoms. The van der Waals surface area contributed by atoms with Crippen molar-refractivity contribution in [1.29, 1.82) is 0 Å². The molecule has 1 heterocycles. The Morgan fingerprint density at radius 3 is 2.30 bits per heavy atom. The van der Waals surface area contributed by atoms with Crippen molar-refractivity contribution in [3.8, 4) is 11.5 Å². The van der Waals surface area contributed by atoms with Crippen LogP contribution in [-0.4, -0.2) is 61.4 Å². The van der Waals surface area contributed by atoms with Crippen LogP contribution in [0.25, 0.3) is 0 Å². The highest BCUT2D eigenvalue weighted by Gasteiger charge is 2.43. The first-order valence-corrected chi connectivity index (χ1v) is 13.0. The second-order valence-electron chi connectivity index (χ2n) is 10.0. The molecule has 40 heavy (non-hydrogen) atoms. The molecule has 3 rings (SSSR count). The van der Waals surface area contributed by atoms with Crippen LogP contribution in [0.15, 0.2) is 48.5 Å². The molecule has 2 aromatic carbocycles. The van der Waals surface area contributed by atoms with Crippen LogP contribution in [0, 0.1) is 0 Å². The number of cyclic esters (lactones) is 1. The van der Waals surface area contributed by atoms with Gasteiger partial charge in [0.2, 0.25) is 5.91 Å². The summed E-state index contributed by atoms with van der Waals surface area (Å²) in [5.74, 6) is -0.996. The summed E-state index contributed by atoms with van der Waals surface area (Å²) >= 11 is 0. The Labute approximate surface area is 233 Å². The first kappa shape index (κ1) is 30.3. The van der Waals surface area contributed by atoms with Gasteiger partial charge in [0.1, 0.15) is 29.8 Å². The van der Waals surface area contributed by atoms with Crippen molar-refractivity contribution >= 4 is 24.1 Å². The van der Waals surface area contributed by atoms with Crippen molar-refractivity contribution in [2.75, 3.05) is 20.8 Å². The van der Waals surface area contributed by atoms with Gasteiger partial charge in [-0.25, -0.2) is 14.5 Å². The lowest BCUT2D eigenvalue weighted by molar-refractivity contribution is -0.145. The van der Waals surface area contributed by atoms with Gasteiger partial charge in [-0.3, -0.25) is 9.59 Å². The Morgan fingerprint density at radius 1 is 1.05 bits per heavy atom. The van der Waals surface area contributed by atoms with E-state index in [4.69, 9.17) is 29.4 Å². The largest absolute Gasteiger partial charge is 0.496 e. The van der Waals surface area contributed by atoms with E-state index < -0.39 is 41.7 Å². The monoisotopic (exact) mass is 556 g/mol. The van der Waals surface area contributed by atoms with Gasteiger partial charge in [-0.05, 0) is 44.4 Å². The molecule has 0 aromatic heterocycles. The SMILES string of the molecule is COc1cccc(OC)c1C(CCCC(=O)OCc1ccccc1)C(=O)N1CC(CC(C)(C)OC(N)=O)OC1=O. The van der Waals surface area contributed by atoms with Crippen LogP contribution in [0.4, 0.5) is 9.59 Å². The molecule has 216 valence electrons. The Morgan fingerprint density at radius 2 is 1.70 bits per heavy atom. The number of esters is 1. The van der Waals surface area contributed by atoms with E-state index in [0.717, 1.165) is 10.5 Å². The summed E-state index contributed by atoms with van der Waals surface area (Å²) in [6, 6.07) is 14.4. The van der Waals surface area contributed by atoms with Gasteiger partial charge in [0.05, 0.1) is 26.7 Å². The third kappa shape index (κ3) is 8.11. The van der Waals surface area contributed by atoms with Crippen LogP contribution >= 0.6 is 0 Å². The molecule has 0 bridgehead atoms. The molecule has 0 radical (unpaired) electrons. The second-order valence-corrected chi connectivity index (χ2v) is 10.0. The van der Waals surface area contributed by atoms with E-state index in [-0.39, 0.29) is 32.4 Å². The topological polar surface area (TPSA) is 144 Å². The van der Waals surface area contributed by atoms with E-state index >= 15 is 0 Å². The van der Waals surface area contributed by atoms with Crippen molar-refractivity contribution in [3.05, 3.63) is 59.7 Å². The third-order valence-electron chi connectivity index (χ3n) is 6.47. The van der Waals surface area contributed by atoms with Gasteiger partial charge in [0.25, 0.3) is 0 Å². The average Bonchev–Trinajstić information content (AvgIpc) is 3.27. The summed E-state index contributed by atoms with van der Waals surface area (Å²) in [6.45, 7) is 3.38. The number of benzene rings is 2. The van der Waals surface area contributed by atoms with E-state index in [2.05, 4.69) is 0 Å². The highest BCUT2D eigenvalue weighted by Crippen LogP contribution is 2.40. The Hall–Kier alpha value is -4.28. The van der Waals surface area contributed by atoms with Crippen LogP contribution in [0.3, 0.4) is 0 Å². The number of carbonyl (C=O) groups is 4. The lowest BCUT2D eigenvalue weighted by atomic mass is 9.90. The minimum Gasteiger partial charge on any atom is -0.496 e. The number of primary amides is 1. The fourth-order valence-corrected chi connectivity index (χ4v) is 4.73. The van der Waals surface area contributed by atoms with Crippen molar-refractivity contribution in [2.24, 2.45) is 5.73 Å². The van der Waals surface area contributed by atoms with Crippen LogP contribution in [0.5, 0.6) is 11.5 Å². The van der Waals surface area contributed by atoms with Gasteiger partial charge >= 0.3 is 18.2 Å². The number of rotatable bonds is 13. The minimum absolute atomic E-state index is 0.0453. The number of nitrogens with zero attached hydrogens (tertiary/aromatic N) is 1. The van der Waals surface area contributed by atoms with Gasteiger partial charge < -0.3 is 29.4 Å². The van der Waals surface area contributed by atoms with Crippen molar-refractivity contribution in [2.45, 2.75) is 63.8 Å². The predicted octanol–water partition coefficient (Wildman–Crippen LogP) is 4.31. The molecule has 2 unspecified atom stereocenters. The van der Waals surface area contributed by atoms with Crippen LogP contribution in [-0.2, 0) is 30.4 Å². The molecular formula is C29H36N2O9. The maximum Gasteiger partial charge on any atom is 0.417 e. The zero-order valence-corrected chi connectivity index (χ0v) is 23.2. The zero-order valence-electron chi connectivity index (χ0n) is 23.2. The fraction of sp³-hybridized carbons (Fsp3) is 0.448. The quantitative estimate of drug-likeness (QED) is 0.282. The maximum atomic E-state index is 13.9. The molecule has 2 aromatic rings. The summed E-state index contributed by atoms with van der Waals surface area (Å²) < 4.78 is 26.9. The molecule has 2 atom stereocenters. The summed E-state index contributed by atoms with van der Waals surface area (Å²) in [7, 11) is 2.95.